The van der Waals surface area contributed by atoms with Crippen LogP contribution in [0.5, 0.6) is 0 Å². The van der Waals surface area contributed by atoms with Crippen molar-refractivity contribution in [3.05, 3.63) is 29.3 Å². The molecule has 5 nitrogen and oxygen atoms in total. The van der Waals surface area contributed by atoms with Gasteiger partial charge in [-0.2, -0.15) is 13.2 Å². The van der Waals surface area contributed by atoms with Crippen LogP contribution in [-0.4, -0.2) is 30.9 Å². The van der Waals surface area contributed by atoms with Crippen LogP contribution in [0.25, 0.3) is 0 Å². The Morgan fingerprint density at radius 1 is 1.31 bits per heavy atom. The standard InChI is InChI=1S/C18H24F3N3O2/c1-11(2)6-14(10-22)23-17(26)12-7-13(18(19,20)21)9-15(8-12)24-5-3-4-16(24)25/h7-9,11,14H,3-6,10,22H2,1-2H3,(H,23,26). The van der Waals surface area contributed by atoms with Crippen molar-refractivity contribution in [3.8, 4) is 0 Å². The van der Waals surface area contributed by atoms with Gasteiger partial charge in [0, 0.05) is 36.8 Å². The minimum absolute atomic E-state index is 0.0978. The molecule has 0 saturated carbocycles. The summed E-state index contributed by atoms with van der Waals surface area (Å²) in [4.78, 5) is 25.7. The number of benzene rings is 1. The summed E-state index contributed by atoms with van der Waals surface area (Å²) < 4.78 is 39.7. The van der Waals surface area contributed by atoms with Crippen LogP contribution in [0.1, 0.15) is 49.0 Å². The van der Waals surface area contributed by atoms with Gasteiger partial charge in [0.2, 0.25) is 5.91 Å². The van der Waals surface area contributed by atoms with E-state index in [1.165, 1.54) is 11.0 Å². The lowest BCUT2D eigenvalue weighted by atomic mass is 10.0. The SMILES string of the molecule is CC(C)CC(CN)NC(=O)c1cc(N2CCCC2=O)cc(C(F)(F)F)c1. The summed E-state index contributed by atoms with van der Waals surface area (Å²) in [7, 11) is 0. The Morgan fingerprint density at radius 2 is 2.00 bits per heavy atom. The summed E-state index contributed by atoms with van der Waals surface area (Å²) in [5.74, 6) is -0.585. The van der Waals surface area contributed by atoms with Crippen LogP contribution in [0.2, 0.25) is 0 Å². The van der Waals surface area contributed by atoms with E-state index in [4.69, 9.17) is 5.73 Å². The Kier molecular flexibility index (Phi) is 6.28. The lowest BCUT2D eigenvalue weighted by molar-refractivity contribution is -0.137. The summed E-state index contributed by atoms with van der Waals surface area (Å²) in [5, 5.41) is 2.69. The monoisotopic (exact) mass is 371 g/mol. The second kappa shape index (κ2) is 8.07. The van der Waals surface area contributed by atoms with Gasteiger partial charge in [-0.3, -0.25) is 9.59 Å². The first-order valence-electron chi connectivity index (χ1n) is 8.65. The number of amides is 2. The van der Waals surface area contributed by atoms with Crippen LogP contribution in [0.3, 0.4) is 0 Å². The van der Waals surface area contributed by atoms with E-state index in [0.29, 0.717) is 25.8 Å². The summed E-state index contributed by atoms with van der Waals surface area (Å²) in [5.41, 5.74) is 4.67. The Bertz CT molecular complexity index is 674. The largest absolute Gasteiger partial charge is 0.416 e. The first-order chi connectivity index (χ1) is 12.1. The van der Waals surface area contributed by atoms with Gasteiger partial charge >= 0.3 is 6.18 Å². The molecule has 0 radical (unpaired) electrons. The van der Waals surface area contributed by atoms with Crippen molar-refractivity contribution in [2.45, 2.75) is 45.3 Å². The number of anilines is 1. The summed E-state index contributed by atoms with van der Waals surface area (Å²) in [6, 6.07) is 2.72. The average molecular weight is 371 g/mol. The molecule has 2 amide bonds. The molecule has 3 N–H and O–H groups in total. The van der Waals surface area contributed by atoms with E-state index in [2.05, 4.69) is 5.32 Å². The Hall–Kier alpha value is -2.09. The Labute approximate surface area is 150 Å². The van der Waals surface area contributed by atoms with Crippen molar-refractivity contribution in [2.24, 2.45) is 11.7 Å². The predicted octanol–water partition coefficient (Wildman–Crippen LogP) is 2.94. The number of rotatable bonds is 6. The molecule has 26 heavy (non-hydrogen) atoms. The molecule has 1 unspecified atom stereocenters. The lowest BCUT2D eigenvalue weighted by Crippen LogP contribution is -2.41. The zero-order chi connectivity index (χ0) is 19.5. The number of carbonyl (C=O) groups excluding carboxylic acids is 2. The van der Waals surface area contributed by atoms with E-state index in [1.807, 2.05) is 13.8 Å². The van der Waals surface area contributed by atoms with Crippen LogP contribution in [0.4, 0.5) is 18.9 Å². The molecular weight excluding hydrogens is 347 g/mol. The number of nitrogens with two attached hydrogens (primary N) is 1. The highest BCUT2D eigenvalue weighted by Gasteiger charge is 2.33. The second-order valence-electron chi connectivity index (χ2n) is 6.95. The number of nitrogens with one attached hydrogen (secondary N) is 1. The number of carbonyl (C=O) groups is 2. The summed E-state index contributed by atoms with van der Waals surface area (Å²) >= 11 is 0. The van der Waals surface area contributed by atoms with Gasteiger partial charge in [-0.15, -0.1) is 0 Å². The van der Waals surface area contributed by atoms with Gasteiger partial charge in [0.25, 0.3) is 5.91 Å². The first-order valence-corrected chi connectivity index (χ1v) is 8.65. The number of nitrogens with zero attached hydrogens (tertiary/aromatic N) is 1. The third-order valence-electron chi connectivity index (χ3n) is 4.27. The quantitative estimate of drug-likeness (QED) is 0.807. The fourth-order valence-corrected chi connectivity index (χ4v) is 3.03. The molecule has 0 bridgehead atoms. The molecule has 1 fully saturated rings. The highest BCUT2D eigenvalue weighted by Crippen LogP contribution is 2.34. The molecule has 1 aromatic carbocycles. The Balaban J connectivity index is 2.34. The molecule has 1 aliphatic rings. The summed E-state index contributed by atoms with van der Waals surface area (Å²) in [6.45, 7) is 4.48. The van der Waals surface area contributed by atoms with Crippen LogP contribution in [0, 0.1) is 5.92 Å². The topological polar surface area (TPSA) is 75.4 Å². The molecular formula is C18H24F3N3O2. The van der Waals surface area contributed by atoms with E-state index in [9.17, 15) is 22.8 Å². The van der Waals surface area contributed by atoms with Gasteiger partial charge in [0.1, 0.15) is 0 Å². The summed E-state index contributed by atoms with van der Waals surface area (Å²) in [6.07, 6.45) is -3.11. The zero-order valence-corrected chi connectivity index (χ0v) is 14.9. The van der Waals surface area contributed by atoms with Crippen molar-refractivity contribution in [2.75, 3.05) is 18.0 Å². The van der Waals surface area contributed by atoms with Crippen LogP contribution >= 0.6 is 0 Å². The first kappa shape index (κ1) is 20.2. The molecule has 1 atom stereocenters. The van der Waals surface area contributed by atoms with Gasteiger partial charge in [0.05, 0.1) is 5.56 Å². The third-order valence-corrected chi connectivity index (χ3v) is 4.27. The molecule has 0 aliphatic carbocycles. The second-order valence-corrected chi connectivity index (χ2v) is 6.95. The minimum Gasteiger partial charge on any atom is -0.348 e. The minimum atomic E-state index is -4.61. The molecule has 2 rings (SSSR count). The van der Waals surface area contributed by atoms with Crippen LogP contribution in [0.15, 0.2) is 18.2 Å². The highest BCUT2D eigenvalue weighted by molar-refractivity contribution is 5.99. The smallest absolute Gasteiger partial charge is 0.348 e. The lowest BCUT2D eigenvalue weighted by Gasteiger charge is -2.21. The molecule has 1 aromatic rings. The van der Waals surface area contributed by atoms with Gasteiger partial charge < -0.3 is 16.0 Å². The molecule has 0 spiro atoms. The van der Waals surface area contributed by atoms with Gasteiger partial charge in [-0.25, -0.2) is 0 Å². The van der Waals surface area contributed by atoms with Gasteiger partial charge in [-0.1, -0.05) is 13.8 Å². The number of halogens is 3. The van der Waals surface area contributed by atoms with Crippen molar-refractivity contribution in [3.63, 3.8) is 0 Å². The highest BCUT2D eigenvalue weighted by atomic mass is 19.4. The number of hydrogen-bond acceptors (Lipinski definition) is 3. The third kappa shape index (κ3) is 4.97. The Morgan fingerprint density at radius 3 is 2.50 bits per heavy atom. The molecule has 1 heterocycles. The fraction of sp³-hybridized carbons (Fsp3) is 0.556. The normalized spacial score (nSPS) is 16.3. The maximum atomic E-state index is 13.2. The van der Waals surface area contributed by atoms with Crippen LogP contribution < -0.4 is 16.0 Å². The molecule has 0 aromatic heterocycles. The zero-order valence-electron chi connectivity index (χ0n) is 14.9. The van der Waals surface area contributed by atoms with Crippen molar-refractivity contribution in [1.29, 1.82) is 0 Å². The molecule has 144 valence electrons. The number of alkyl halides is 3. The van der Waals surface area contributed by atoms with Crippen molar-refractivity contribution >= 4 is 17.5 Å². The maximum absolute atomic E-state index is 13.2. The van der Waals surface area contributed by atoms with Crippen molar-refractivity contribution in [1.82, 2.24) is 5.32 Å². The average Bonchev–Trinajstić information content (AvgIpc) is 2.98. The van der Waals surface area contributed by atoms with Gasteiger partial charge in [-0.05, 0) is 37.0 Å². The molecule has 8 heteroatoms. The van der Waals surface area contributed by atoms with E-state index in [0.717, 1.165) is 12.1 Å². The maximum Gasteiger partial charge on any atom is 0.416 e. The fourth-order valence-electron chi connectivity index (χ4n) is 3.03. The molecule has 1 aliphatic heterocycles. The van der Waals surface area contributed by atoms with E-state index in [-0.39, 0.29) is 35.7 Å². The van der Waals surface area contributed by atoms with E-state index >= 15 is 0 Å². The predicted molar refractivity (Wildman–Crippen MR) is 92.8 cm³/mol. The number of hydrogen-bond donors (Lipinski definition) is 2. The van der Waals surface area contributed by atoms with Crippen molar-refractivity contribution < 1.29 is 22.8 Å². The van der Waals surface area contributed by atoms with E-state index in [1.54, 1.807) is 0 Å². The van der Waals surface area contributed by atoms with Gasteiger partial charge in [0.15, 0.2) is 0 Å². The van der Waals surface area contributed by atoms with Crippen LogP contribution in [-0.2, 0) is 11.0 Å². The molecule has 1 saturated heterocycles. The van der Waals surface area contributed by atoms with E-state index < -0.39 is 17.6 Å².